The third-order valence-corrected chi connectivity index (χ3v) is 4.86. The first kappa shape index (κ1) is 16.3. The second-order valence-electron chi connectivity index (χ2n) is 6.50. The van der Waals surface area contributed by atoms with Crippen molar-refractivity contribution in [1.29, 1.82) is 0 Å². The Morgan fingerprint density at radius 2 is 2.30 bits per heavy atom. The van der Waals surface area contributed by atoms with Gasteiger partial charge in [0.2, 0.25) is 0 Å². The summed E-state index contributed by atoms with van der Waals surface area (Å²) in [6.07, 6.45) is 2.47. The molecule has 0 radical (unpaired) electrons. The van der Waals surface area contributed by atoms with Crippen LogP contribution in [0.25, 0.3) is 0 Å². The quantitative estimate of drug-likeness (QED) is 0.919. The van der Waals surface area contributed by atoms with Crippen molar-refractivity contribution in [2.24, 2.45) is 5.92 Å². The summed E-state index contributed by atoms with van der Waals surface area (Å²) < 4.78 is 11.2. The van der Waals surface area contributed by atoms with Crippen LogP contribution in [0.2, 0.25) is 0 Å². The minimum absolute atomic E-state index is 0.0288. The Morgan fingerprint density at radius 3 is 3.04 bits per heavy atom. The van der Waals surface area contributed by atoms with E-state index in [-0.39, 0.29) is 30.6 Å². The van der Waals surface area contributed by atoms with Gasteiger partial charge in [-0.25, -0.2) is 0 Å². The van der Waals surface area contributed by atoms with Gasteiger partial charge in [0.15, 0.2) is 6.61 Å². The average Bonchev–Trinajstić information content (AvgIpc) is 2.98. The van der Waals surface area contributed by atoms with Crippen LogP contribution in [0.4, 0.5) is 0 Å². The highest BCUT2D eigenvalue weighted by atomic mass is 16.5. The summed E-state index contributed by atoms with van der Waals surface area (Å²) in [4.78, 5) is 14.4. The number of hydrogen-bond acceptors (Lipinski definition) is 4. The maximum absolute atomic E-state index is 12.6. The molecular weight excluding hydrogens is 294 g/mol. The summed E-state index contributed by atoms with van der Waals surface area (Å²) in [5.41, 5.74) is 1.10. The summed E-state index contributed by atoms with van der Waals surface area (Å²) >= 11 is 0. The van der Waals surface area contributed by atoms with Gasteiger partial charge in [0, 0.05) is 12.5 Å². The first-order valence-electron chi connectivity index (χ1n) is 8.40. The molecule has 0 spiro atoms. The molecule has 0 unspecified atom stereocenters. The van der Waals surface area contributed by atoms with Gasteiger partial charge in [0.25, 0.3) is 5.91 Å². The molecule has 1 N–H and O–H groups in total. The van der Waals surface area contributed by atoms with E-state index in [0.717, 1.165) is 24.8 Å². The molecule has 126 valence electrons. The fourth-order valence-electron chi connectivity index (χ4n) is 3.64. The van der Waals surface area contributed by atoms with Crippen LogP contribution in [-0.4, -0.2) is 54.4 Å². The molecule has 1 aliphatic carbocycles. The Balaban J connectivity index is 1.62. The molecule has 0 aromatic heterocycles. The summed E-state index contributed by atoms with van der Waals surface area (Å²) in [5, 5.41) is 10.2. The van der Waals surface area contributed by atoms with Crippen molar-refractivity contribution in [2.75, 3.05) is 26.4 Å². The molecule has 2 aliphatic rings. The summed E-state index contributed by atoms with van der Waals surface area (Å²) in [6, 6.07) is 7.66. The molecule has 1 aromatic rings. The number of rotatable bonds is 4. The fourth-order valence-corrected chi connectivity index (χ4v) is 3.64. The number of ether oxygens (including phenoxy) is 2. The second kappa shape index (κ2) is 7.32. The third kappa shape index (κ3) is 3.85. The van der Waals surface area contributed by atoms with Crippen LogP contribution in [0.5, 0.6) is 5.75 Å². The van der Waals surface area contributed by atoms with Crippen molar-refractivity contribution >= 4 is 5.91 Å². The van der Waals surface area contributed by atoms with Crippen molar-refractivity contribution in [1.82, 2.24) is 4.90 Å². The Kier molecular flexibility index (Phi) is 5.18. The van der Waals surface area contributed by atoms with Gasteiger partial charge >= 0.3 is 0 Å². The van der Waals surface area contributed by atoms with Gasteiger partial charge in [-0.2, -0.15) is 0 Å². The number of aliphatic hydroxyl groups excluding tert-OH is 1. The monoisotopic (exact) mass is 319 g/mol. The number of carbonyl (C=O) groups excluding carboxylic acids is 1. The number of carbonyl (C=O) groups is 1. The van der Waals surface area contributed by atoms with E-state index in [1.807, 2.05) is 36.1 Å². The molecule has 1 heterocycles. The van der Waals surface area contributed by atoms with Gasteiger partial charge in [0.05, 0.1) is 25.4 Å². The normalized spacial score (nSPS) is 27.9. The molecule has 1 saturated carbocycles. The SMILES string of the molecule is Cc1cccc(OCC(=O)N2CCOC[C@@H]2[C@H]2CCC[C@@H]2O)c1. The standard InChI is InChI=1S/C18H25NO4/c1-13-4-2-5-14(10-13)23-12-18(21)19-8-9-22-11-16(19)15-6-3-7-17(15)20/h2,4-5,10,15-17,20H,3,6-9,11-12H2,1H3/t15-,16-,17+/m1/s1. The zero-order valence-electron chi connectivity index (χ0n) is 13.6. The number of aliphatic hydroxyl groups is 1. The van der Waals surface area contributed by atoms with Gasteiger partial charge in [-0.3, -0.25) is 4.79 Å². The zero-order valence-corrected chi connectivity index (χ0v) is 13.6. The maximum Gasteiger partial charge on any atom is 0.260 e. The Hall–Kier alpha value is -1.59. The van der Waals surface area contributed by atoms with Crippen LogP contribution >= 0.6 is 0 Å². The number of amides is 1. The van der Waals surface area contributed by atoms with Crippen LogP contribution < -0.4 is 4.74 Å². The fraction of sp³-hybridized carbons (Fsp3) is 0.611. The second-order valence-corrected chi connectivity index (χ2v) is 6.50. The molecule has 2 fully saturated rings. The number of benzene rings is 1. The van der Waals surface area contributed by atoms with E-state index in [1.54, 1.807) is 0 Å². The first-order chi connectivity index (χ1) is 11.1. The van der Waals surface area contributed by atoms with Crippen molar-refractivity contribution < 1.29 is 19.4 Å². The van der Waals surface area contributed by atoms with Gasteiger partial charge in [-0.05, 0) is 37.5 Å². The Bertz CT molecular complexity index is 548. The molecule has 23 heavy (non-hydrogen) atoms. The molecular formula is C18H25NO4. The Morgan fingerprint density at radius 1 is 1.43 bits per heavy atom. The number of nitrogens with zero attached hydrogens (tertiary/aromatic N) is 1. The molecule has 3 atom stereocenters. The predicted octanol–water partition coefficient (Wildman–Crippen LogP) is 1.76. The largest absolute Gasteiger partial charge is 0.484 e. The molecule has 1 aliphatic heterocycles. The van der Waals surface area contributed by atoms with Crippen molar-refractivity contribution in [2.45, 2.75) is 38.3 Å². The summed E-state index contributed by atoms with van der Waals surface area (Å²) in [6.45, 7) is 3.66. The zero-order chi connectivity index (χ0) is 16.2. The van der Waals surface area contributed by atoms with Gasteiger partial charge in [-0.1, -0.05) is 18.6 Å². The number of aryl methyl sites for hydroxylation is 1. The van der Waals surface area contributed by atoms with Crippen LogP contribution in [0.1, 0.15) is 24.8 Å². The van der Waals surface area contributed by atoms with Crippen LogP contribution in [0, 0.1) is 12.8 Å². The lowest BCUT2D eigenvalue weighted by Crippen LogP contribution is -2.54. The smallest absolute Gasteiger partial charge is 0.260 e. The van der Waals surface area contributed by atoms with E-state index in [4.69, 9.17) is 9.47 Å². The molecule has 5 nitrogen and oxygen atoms in total. The maximum atomic E-state index is 12.6. The van der Waals surface area contributed by atoms with Crippen LogP contribution in [0.3, 0.4) is 0 Å². The molecule has 1 amide bonds. The van der Waals surface area contributed by atoms with E-state index in [2.05, 4.69) is 0 Å². The highest BCUT2D eigenvalue weighted by Gasteiger charge is 2.39. The highest BCUT2D eigenvalue weighted by Crippen LogP contribution is 2.32. The lowest BCUT2D eigenvalue weighted by Gasteiger charge is -2.40. The minimum Gasteiger partial charge on any atom is -0.484 e. The van der Waals surface area contributed by atoms with Crippen molar-refractivity contribution in [3.05, 3.63) is 29.8 Å². The van der Waals surface area contributed by atoms with Gasteiger partial charge in [-0.15, -0.1) is 0 Å². The summed E-state index contributed by atoms with van der Waals surface area (Å²) in [5.74, 6) is 0.807. The molecule has 0 bridgehead atoms. The third-order valence-electron chi connectivity index (χ3n) is 4.86. The topological polar surface area (TPSA) is 59.0 Å². The average molecular weight is 319 g/mol. The van der Waals surface area contributed by atoms with E-state index in [0.29, 0.717) is 25.5 Å². The van der Waals surface area contributed by atoms with E-state index in [9.17, 15) is 9.90 Å². The van der Waals surface area contributed by atoms with Gasteiger partial charge in [0.1, 0.15) is 5.75 Å². The summed E-state index contributed by atoms with van der Waals surface area (Å²) in [7, 11) is 0. The van der Waals surface area contributed by atoms with Crippen molar-refractivity contribution in [3.8, 4) is 5.75 Å². The lowest BCUT2D eigenvalue weighted by atomic mass is 9.94. The highest BCUT2D eigenvalue weighted by molar-refractivity contribution is 5.78. The molecule has 1 aromatic carbocycles. The minimum atomic E-state index is -0.324. The van der Waals surface area contributed by atoms with Crippen LogP contribution in [0.15, 0.2) is 24.3 Å². The number of morpholine rings is 1. The first-order valence-corrected chi connectivity index (χ1v) is 8.40. The number of hydrogen-bond donors (Lipinski definition) is 1. The molecule has 1 saturated heterocycles. The van der Waals surface area contributed by atoms with Crippen molar-refractivity contribution in [3.63, 3.8) is 0 Å². The van der Waals surface area contributed by atoms with E-state index < -0.39 is 0 Å². The van der Waals surface area contributed by atoms with Gasteiger partial charge < -0.3 is 19.5 Å². The van der Waals surface area contributed by atoms with E-state index in [1.165, 1.54) is 0 Å². The lowest BCUT2D eigenvalue weighted by molar-refractivity contribution is -0.146. The molecule has 5 heteroatoms. The van der Waals surface area contributed by atoms with Crippen LogP contribution in [-0.2, 0) is 9.53 Å². The Labute approximate surface area is 137 Å². The van der Waals surface area contributed by atoms with E-state index >= 15 is 0 Å². The predicted molar refractivity (Wildman–Crippen MR) is 86.3 cm³/mol. The molecule has 3 rings (SSSR count).